The van der Waals surface area contributed by atoms with Gasteiger partial charge in [-0.2, -0.15) is 0 Å². The van der Waals surface area contributed by atoms with E-state index in [1.54, 1.807) is 0 Å². The lowest BCUT2D eigenvalue weighted by molar-refractivity contribution is 0.205. The Balaban J connectivity index is 1.71. The van der Waals surface area contributed by atoms with E-state index in [1.807, 2.05) is 18.3 Å². The molecule has 1 aromatic carbocycles. The van der Waals surface area contributed by atoms with Gasteiger partial charge in [-0.25, -0.2) is 0 Å². The van der Waals surface area contributed by atoms with Gasteiger partial charge in [0.1, 0.15) is 0 Å². The summed E-state index contributed by atoms with van der Waals surface area (Å²) < 4.78 is 0. The Morgan fingerprint density at radius 3 is 3.11 bits per heavy atom. The lowest BCUT2D eigenvalue weighted by Gasteiger charge is -2.18. The minimum absolute atomic E-state index is 0.293. The van der Waals surface area contributed by atoms with E-state index in [-0.39, 0.29) is 0 Å². The molecule has 19 heavy (non-hydrogen) atoms. The van der Waals surface area contributed by atoms with E-state index in [4.69, 9.17) is 11.6 Å². The quantitative estimate of drug-likeness (QED) is 0.805. The number of hydrogen-bond donors (Lipinski definition) is 3. The van der Waals surface area contributed by atoms with Crippen molar-refractivity contribution < 1.29 is 5.11 Å². The van der Waals surface area contributed by atoms with Crippen LogP contribution in [0.4, 0.5) is 0 Å². The van der Waals surface area contributed by atoms with Gasteiger partial charge in [0.05, 0.1) is 0 Å². The summed E-state index contributed by atoms with van der Waals surface area (Å²) in [6.07, 6.45) is 5.56. The molecular weight excluding hydrogens is 260 g/mol. The topological polar surface area (TPSA) is 48.0 Å². The van der Waals surface area contributed by atoms with Gasteiger partial charge in [-0.05, 0) is 36.5 Å². The lowest BCUT2D eigenvalue weighted by atomic mass is 10.0. The molecule has 3 rings (SSSR count). The molecule has 1 saturated carbocycles. The molecule has 102 valence electrons. The Kier molecular flexibility index (Phi) is 3.78. The van der Waals surface area contributed by atoms with E-state index in [9.17, 15) is 5.11 Å². The van der Waals surface area contributed by atoms with Crippen LogP contribution in [-0.2, 0) is 6.54 Å². The summed E-state index contributed by atoms with van der Waals surface area (Å²) >= 11 is 5.98. The molecule has 1 fully saturated rings. The summed E-state index contributed by atoms with van der Waals surface area (Å²) in [5, 5.41) is 14.9. The van der Waals surface area contributed by atoms with Crippen LogP contribution in [0.3, 0.4) is 0 Å². The number of nitrogens with one attached hydrogen (secondary N) is 2. The van der Waals surface area contributed by atoms with Crippen molar-refractivity contribution in [3.05, 3.63) is 35.0 Å². The standard InChI is InChI=1S/C15H19ClN2O/c16-12-4-5-13-11(8-18-15(13)6-12)7-17-14-3-1-2-10(14)9-19/h4-6,8,10,14,17-19H,1-3,7,9H2. The Bertz CT molecular complexity index is 566. The van der Waals surface area contributed by atoms with Crippen LogP contribution in [0, 0.1) is 5.92 Å². The highest BCUT2D eigenvalue weighted by molar-refractivity contribution is 6.31. The molecule has 1 heterocycles. The largest absolute Gasteiger partial charge is 0.396 e. The first-order valence-electron chi connectivity index (χ1n) is 6.87. The van der Waals surface area contributed by atoms with E-state index >= 15 is 0 Å². The highest BCUT2D eigenvalue weighted by Gasteiger charge is 2.25. The second-order valence-corrected chi connectivity index (χ2v) is 5.80. The maximum absolute atomic E-state index is 9.34. The van der Waals surface area contributed by atoms with Gasteiger partial charge in [-0.15, -0.1) is 0 Å². The summed E-state index contributed by atoms with van der Waals surface area (Å²) in [7, 11) is 0. The Labute approximate surface area is 118 Å². The molecule has 0 amide bonds. The molecule has 2 unspecified atom stereocenters. The van der Waals surface area contributed by atoms with Gasteiger partial charge in [0, 0.05) is 41.3 Å². The second kappa shape index (κ2) is 5.53. The SMILES string of the molecule is OCC1CCCC1NCc1c[nH]c2cc(Cl)ccc12. The number of hydrogen-bond acceptors (Lipinski definition) is 2. The third kappa shape index (κ3) is 2.64. The molecule has 4 heteroatoms. The van der Waals surface area contributed by atoms with Crippen molar-refractivity contribution in [3.8, 4) is 0 Å². The minimum atomic E-state index is 0.293. The summed E-state index contributed by atoms with van der Waals surface area (Å²) in [5.41, 5.74) is 2.34. The molecular formula is C15H19ClN2O. The third-order valence-corrected chi connectivity index (χ3v) is 4.41. The molecule has 0 aliphatic heterocycles. The average Bonchev–Trinajstić information content (AvgIpc) is 3.01. The summed E-state index contributed by atoms with van der Waals surface area (Å²) in [5.74, 6) is 0.416. The molecule has 2 aromatic rings. The zero-order chi connectivity index (χ0) is 13.2. The van der Waals surface area contributed by atoms with Crippen LogP contribution < -0.4 is 5.32 Å². The normalized spacial score (nSPS) is 23.3. The summed E-state index contributed by atoms with van der Waals surface area (Å²) in [6, 6.07) is 6.38. The van der Waals surface area contributed by atoms with Crippen molar-refractivity contribution in [2.75, 3.05) is 6.61 Å². The van der Waals surface area contributed by atoms with Gasteiger partial charge < -0.3 is 15.4 Å². The number of aromatic nitrogens is 1. The van der Waals surface area contributed by atoms with Crippen LogP contribution in [0.15, 0.2) is 24.4 Å². The predicted octanol–water partition coefficient (Wildman–Crippen LogP) is 3.07. The first-order valence-corrected chi connectivity index (χ1v) is 7.25. The molecule has 3 nitrogen and oxygen atoms in total. The molecule has 1 aliphatic carbocycles. The van der Waals surface area contributed by atoms with Crippen LogP contribution >= 0.6 is 11.6 Å². The first kappa shape index (κ1) is 13.0. The van der Waals surface area contributed by atoms with Gasteiger partial charge >= 0.3 is 0 Å². The van der Waals surface area contributed by atoms with E-state index in [2.05, 4.69) is 16.4 Å². The predicted molar refractivity (Wildman–Crippen MR) is 78.4 cm³/mol. The van der Waals surface area contributed by atoms with Gasteiger partial charge in [0.25, 0.3) is 0 Å². The van der Waals surface area contributed by atoms with Crippen LogP contribution in [-0.4, -0.2) is 22.7 Å². The molecule has 0 spiro atoms. The highest BCUT2D eigenvalue weighted by Crippen LogP contribution is 2.26. The molecule has 1 aromatic heterocycles. The maximum atomic E-state index is 9.34. The number of benzene rings is 1. The van der Waals surface area contributed by atoms with Gasteiger partial charge in [-0.1, -0.05) is 24.1 Å². The second-order valence-electron chi connectivity index (χ2n) is 5.36. The van der Waals surface area contributed by atoms with Crippen molar-refractivity contribution in [2.45, 2.75) is 31.8 Å². The van der Waals surface area contributed by atoms with Crippen LogP contribution in [0.1, 0.15) is 24.8 Å². The smallest absolute Gasteiger partial charge is 0.0474 e. The number of aliphatic hydroxyl groups is 1. The number of rotatable bonds is 4. The fourth-order valence-electron chi connectivity index (χ4n) is 3.07. The number of fused-ring (bicyclic) bond motifs is 1. The van der Waals surface area contributed by atoms with E-state index in [1.165, 1.54) is 23.8 Å². The third-order valence-electron chi connectivity index (χ3n) is 4.18. The molecule has 0 bridgehead atoms. The monoisotopic (exact) mass is 278 g/mol. The fraction of sp³-hybridized carbons (Fsp3) is 0.467. The van der Waals surface area contributed by atoms with Crippen molar-refractivity contribution in [1.82, 2.24) is 10.3 Å². The first-order chi connectivity index (χ1) is 9.28. The molecule has 2 atom stereocenters. The van der Waals surface area contributed by atoms with Crippen LogP contribution in [0.25, 0.3) is 10.9 Å². The Hall–Kier alpha value is -1.03. The summed E-state index contributed by atoms with van der Waals surface area (Å²) in [4.78, 5) is 3.26. The number of aromatic amines is 1. The fourth-order valence-corrected chi connectivity index (χ4v) is 3.24. The van der Waals surface area contributed by atoms with Crippen LogP contribution in [0.5, 0.6) is 0 Å². The minimum Gasteiger partial charge on any atom is -0.396 e. The van der Waals surface area contributed by atoms with Crippen molar-refractivity contribution >= 4 is 22.5 Å². The zero-order valence-corrected chi connectivity index (χ0v) is 11.6. The van der Waals surface area contributed by atoms with E-state index in [0.717, 1.165) is 23.5 Å². The van der Waals surface area contributed by atoms with Crippen LogP contribution in [0.2, 0.25) is 5.02 Å². The molecule has 0 saturated heterocycles. The Morgan fingerprint density at radius 1 is 1.37 bits per heavy atom. The van der Waals surface area contributed by atoms with Gasteiger partial charge in [0.15, 0.2) is 0 Å². The number of aliphatic hydroxyl groups excluding tert-OH is 1. The van der Waals surface area contributed by atoms with Crippen molar-refractivity contribution in [2.24, 2.45) is 5.92 Å². The maximum Gasteiger partial charge on any atom is 0.0474 e. The Morgan fingerprint density at radius 2 is 2.26 bits per heavy atom. The van der Waals surface area contributed by atoms with Gasteiger partial charge in [0.2, 0.25) is 0 Å². The molecule has 1 aliphatic rings. The number of H-pyrrole nitrogens is 1. The average molecular weight is 279 g/mol. The summed E-state index contributed by atoms with van der Waals surface area (Å²) in [6.45, 7) is 1.13. The molecule has 3 N–H and O–H groups in total. The van der Waals surface area contributed by atoms with E-state index < -0.39 is 0 Å². The van der Waals surface area contributed by atoms with E-state index in [0.29, 0.717) is 18.6 Å². The molecule has 0 radical (unpaired) electrons. The lowest BCUT2D eigenvalue weighted by Crippen LogP contribution is -2.33. The van der Waals surface area contributed by atoms with Crippen molar-refractivity contribution in [1.29, 1.82) is 0 Å². The number of halogens is 1. The van der Waals surface area contributed by atoms with Gasteiger partial charge in [-0.3, -0.25) is 0 Å². The highest BCUT2D eigenvalue weighted by atomic mass is 35.5. The van der Waals surface area contributed by atoms with Crippen molar-refractivity contribution in [3.63, 3.8) is 0 Å². The zero-order valence-electron chi connectivity index (χ0n) is 10.8.